The molecule has 0 unspecified atom stereocenters. The van der Waals surface area contributed by atoms with E-state index < -0.39 is 0 Å². The third kappa shape index (κ3) is 4.65. The molecule has 0 fully saturated rings. The number of nitrogens with one attached hydrogen (secondary N) is 1. The first-order valence-electron chi connectivity index (χ1n) is 8.04. The first kappa shape index (κ1) is 17.7. The van der Waals surface area contributed by atoms with Gasteiger partial charge in [-0.05, 0) is 36.1 Å². The highest BCUT2D eigenvalue weighted by Gasteiger charge is 2.16. The van der Waals surface area contributed by atoms with Gasteiger partial charge in [-0.15, -0.1) is 0 Å². The van der Waals surface area contributed by atoms with Crippen molar-refractivity contribution in [1.82, 2.24) is 9.88 Å². The smallest absolute Gasteiger partial charge is 0.244 e. The van der Waals surface area contributed by atoms with Crippen molar-refractivity contribution in [3.8, 4) is 0 Å². The van der Waals surface area contributed by atoms with E-state index in [0.29, 0.717) is 6.54 Å². The van der Waals surface area contributed by atoms with E-state index in [9.17, 15) is 9.59 Å². The van der Waals surface area contributed by atoms with Gasteiger partial charge in [0, 0.05) is 31.5 Å². The molecule has 0 radical (unpaired) electrons. The van der Waals surface area contributed by atoms with Crippen molar-refractivity contribution in [2.24, 2.45) is 0 Å². The van der Waals surface area contributed by atoms with Crippen LogP contribution in [0.25, 0.3) is 0 Å². The van der Waals surface area contributed by atoms with Gasteiger partial charge < -0.3 is 10.2 Å². The molecule has 0 saturated carbocycles. The van der Waals surface area contributed by atoms with Crippen LogP contribution >= 0.6 is 0 Å². The lowest BCUT2D eigenvalue weighted by molar-refractivity contribution is -0.133. The van der Waals surface area contributed by atoms with Crippen LogP contribution in [0.3, 0.4) is 0 Å². The second-order valence-electron chi connectivity index (χ2n) is 5.75. The van der Waals surface area contributed by atoms with Gasteiger partial charge in [0.2, 0.25) is 11.8 Å². The fourth-order valence-corrected chi connectivity index (χ4v) is 2.54. The summed E-state index contributed by atoms with van der Waals surface area (Å²) in [7, 11) is 0. The maximum Gasteiger partial charge on any atom is 0.244 e. The Kier molecular flexibility index (Phi) is 6.07. The summed E-state index contributed by atoms with van der Waals surface area (Å²) in [5, 5.41) is 2.95. The highest BCUT2D eigenvalue weighted by Crippen LogP contribution is 2.21. The topological polar surface area (TPSA) is 62.3 Å². The minimum absolute atomic E-state index is 0.0156. The van der Waals surface area contributed by atoms with Crippen molar-refractivity contribution < 1.29 is 9.59 Å². The van der Waals surface area contributed by atoms with Crippen molar-refractivity contribution in [3.05, 3.63) is 59.4 Å². The predicted octanol–water partition coefficient (Wildman–Crippen LogP) is 2.94. The Labute approximate surface area is 142 Å². The van der Waals surface area contributed by atoms with Crippen molar-refractivity contribution in [1.29, 1.82) is 0 Å². The highest BCUT2D eigenvalue weighted by atomic mass is 16.2. The Balaban J connectivity index is 2.08. The van der Waals surface area contributed by atoms with Crippen LogP contribution in [0.1, 0.15) is 30.5 Å². The zero-order valence-corrected chi connectivity index (χ0v) is 14.4. The Morgan fingerprint density at radius 1 is 1.21 bits per heavy atom. The Morgan fingerprint density at radius 3 is 2.62 bits per heavy atom. The molecule has 126 valence electrons. The van der Waals surface area contributed by atoms with Crippen LogP contribution in [-0.2, 0) is 22.6 Å². The van der Waals surface area contributed by atoms with Crippen molar-refractivity contribution in [2.45, 2.75) is 33.7 Å². The number of carbonyl (C=O) groups excluding carboxylic acids is 2. The molecule has 0 spiro atoms. The van der Waals surface area contributed by atoms with Gasteiger partial charge in [-0.2, -0.15) is 0 Å². The molecular formula is C19H23N3O2. The molecule has 0 aliphatic carbocycles. The quantitative estimate of drug-likeness (QED) is 0.888. The molecular weight excluding hydrogens is 302 g/mol. The summed E-state index contributed by atoms with van der Waals surface area (Å²) in [6.45, 7) is 5.86. The standard InChI is InChI=1S/C19H23N3O2/c1-4-17-9-5-7-14(2)19(17)21-18(24)13-22(15(3)23)12-16-8-6-10-20-11-16/h5-11H,4,12-13H2,1-3H3,(H,21,24). The van der Waals surface area contributed by atoms with Crippen LogP contribution in [0.2, 0.25) is 0 Å². The minimum Gasteiger partial charge on any atom is -0.329 e. The lowest BCUT2D eigenvalue weighted by Crippen LogP contribution is -2.36. The van der Waals surface area contributed by atoms with E-state index in [4.69, 9.17) is 0 Å². The average Bonchev–Trinajstić information content (AvgIpc) is 2.57. The maximum atomic E-state index is 12.4. The number of aromatic nitrogens is 1. The molecule has 1 N–H and O–H groups in total. The highest BCUT2D eigenvalue weighted by molar-refractivity contribution is 5.95. The Hall–Kier alpha value is -2.69. The summed E-state index contributed by atoms with van der Waals surface area (Å²) in [6, 6.07) is 9.65. The number of para-hydroxylation sites is 1. The number of hydrogen-bond donors (Lipinski definition) is 1. The van der Waals surface area contributed by atoms with E-state index in [0.717, 1.165) is 28.8 Å². The monoisotopic (exact) mass is 325 g/mol. The lowest BCUT2D eigenvalue weighted by Gasteiger charge is -2.21. The van der Waals surface area contributed by atoms with E-state index in [1.807, 2.05) is 37.3 Å². The number of hydrogen-bond acceptors (Lipinski definition) is 3. The number of carbonyl (C=O) groups is 2. The van der Waals surface area contributed by atoms with E-state index in [1.165, 1.54) is 11.8 Å². The molecule has 0 saturated heterocycles. The van der Waals surface area contributed by atoms with Gasteiger partial charge in [-0.1, -0.05) is 31.2 Å². The second kappa shape index (κ2) is 8.24. The number of pyridine rings is 1. The van der Waals surface area contributed by atoms with Crippen LogP contribution in [-0.4, -0.2) is 28.2 Å². The second-order valence-corrected chi connectivity index (χ2v) is 5.75. The van der Waals surface area contributed by atoms with Gasteiger partial charge in [-0.25, -0.2) is 0 Å². The third-order valence-electron chi connectivity index (χ3n) is 3.88. The van der Waals surface area contributed by atoms with Crippen molar-refractivity contribution in [3.63, 3.8) is 0 Å². The number of amides is 2. The normalized spacial score (nSPS) is 10.3. The van der Waals surface area contributed by atoms with Crippen LogP contribution in [0.5, 0.6) is 0 Å². The van der Waals surface area contributed by atoms with Gasteiger partial charge >= 0.3 is 0 Å². The van der Waals surface area contributed by atoms with Crippen LogP contribution in [0.15, 0.2) is 42.7 Å². The minimum atomic E-state index is -0.196. The zero-order valence-electron chi connectivity index (χ0n) is 14.4. The molecule has 1 heterocycles. The van der Waals surface area contributed by atoms with Crippen LogP contribution in [0.4, 0.5) is 5.69 Å². The van der Waals surface area contributed by atoms with Crippen molar-refractivity contribution >= 4 is 17.5 Å². The summed E-state index contributed by atoms with van der Waals surface area (Å²) in [4.78, 5) is 29.8. The number of nitrogens with zero attached hydrogens (tertiary/aromatic N) is 2. The predicted molar refractivity (Wildman–Crippen MR) is 94.5 cm³/mol. The largest absolute Gasteiger partial charge is 0.329 e. The maximum absolute atomic E-state index is 12.4. The summed E-state index contributed by atoms with van der Waals surface area (Å²) in [6.07, 6.45) is 4.21. The number of rotatable bonds is 6. The van der Waals surface area contributed by atoms with E-state index in [-0.39, 0.29) is 18.4 Å². The summed E-state index contributed by atoms with van der Waals surface area (Å²) in [5.41, 5.74) is 3.84. The van der Waals surface area contributed by atoms with E-state index in [1.54, 1.807) is 12.4 Å². The molecule has 5 heteroatoms. The first-order chi connectivity index (χ1) is 11.5. The molecule has 0 bridgehead atoms. The van der Waals surface area contributed by atoms with Crippen molar-refractivity contribution in [2.75, 3.05) is 11.9 Å². The molecule has 0 aliphatic heterocycles. The van der Waals surface area contributed by atoms with Crippen LogP contribution in [0, 0.1) is 6.92 Å². The number of anilines is 1. The first-order valence-corrected chi connectivity index (χ1v) is 8.04. The molecule has 2 rings (SSSR count). The van der Waals surface area contributed by atoms with Gasteiger partial charge in [0.1, 0.15) is 6.54 Å². The molecule has 24 heavy (non-hydrogen) atoms. The Bertz CT molecular complexity index is 714. The van der Waals surface area contributed by atoms with E-state index in [2.05, 4.69) is 17.2 Å². The molecule has 0 atom stereocenters. The molecule has 0 aliphatic rings. The fourth-order valence-electron chi connectivity index (χ4n) is 2.54. The fraction of sp³-hybridized carbons (Fsp3) is 0.316. The molecule has 2 aromatic rings. The summed E-state index contributed by atoms with van der Waals surface area (Å²) < 4.78 is 0. The third-order valence-corrected chi connectivity index (χ3v) is 3.88. The van der Waals surface area contributed by atoms with Crippen LogP contribution < -0.4 is 5.32 Å². The molecule has 2 amide bonds. The van der Waals surface area contributed by atoms with Gasteiger partial charge in [-0.3, -0.25) is 14.6 Å². The van der Waals surface area contributed by atoms with Gasteiger partial charge in [0.25, 0.3) is 0 Å². The molecule has 1 aromatic heterocycles. The van der Waals surface area contributed by atoms with E-state index >= 15 is 0 Å². The average molecular weight is 325 g/mol. The van der Waals surface area contributed by atoms with Gasteiger partial charge in [0.05, 0.1) is 0 Å². The molecule has 1 aromatic carbocycles. The van der Waals surface area contributed by atoms with Gasteiger partial charge in [0.15, 0.2) is 0 Å². The molecule has 5 nitrogen and oxygen atoms in total. The number of benzene rings is 1. The summed E-state index contributed by atoms with van der Waals surface area (Å²) in [5.74, 6) is -0.340. The SMILES string of the molecule is CCc1cccc(C)c1NC(=O)CN(Cc1cccnc1)C(C)=O. The number of aryl methyl sites for hydroxylation is 2. The zero-order chi connectivity index (χ0) is 17.5. The summed E-state index contributed by atoms with van der Waals surface area (Å²) >= 11 is 0. The Morgan fingerprint density at radius 2 is 2.00 bits per heavy atom. The lowest BCUT2D eigenvalue weighted by atomic mass is 10.1.